The van der Waals surface area contributed by atoms with Gasteiger partial charge >= 0.3 is 12.1 Å². The third-order valence-corrected chi connectivity index (χ3v) is 3.60. The molecule has 18 heavy (non-hydrogen) atoms. The van der Waals surface area contributed by atoms with E-state index in [4.69, 9.17) is 9.84 Å². The number of hydrogen-bond donors (Lipinski definition) is 2. The molecule has 0 saturated heterocycles. The number of carboxylic acid groups (broad SMARTS) is 1. The van der Waals surface area contributed by atoms with Crippen LogP contribution >= 0.6 is 11.8 Å². The maximum atomic E-state index is 11.5. The second kappa shape index (κ2) is 6.31. The van der Waals surface area contributed by atoms with Crippen LogP contribution in [0.1, 0.15) is 33.6 Å². The molecule has 1 aliphatic carbocycles. The zero-order chi connectivity index (χ0) is 13.8. The molecular weight excluding hydrogens is 254 g/mol. The molecule has 0 heterocycles. The van der Waals surface area contributed by atoms with Crippen LogP contribution in [-0.2, 0) is 9.53 Å². The molecule has 104 valence electrons. The molecule has 6 heteroatoms. The SMILES string of the molecule is CC(C)(C)OC(=O)NC(CSCC1CC1)C(=O)O. The lowest BCUT2D eigenvalue weighted by atomic mass is 10.2. The monoisotopic (exact) mass is 275 g/mol. The first kappa shape index (κ1) is 15.1. The Bertz CT molecular complexity index is 310. The Morgan fingerprint density at radius 1 is 1.44 bits per heavy atom. The average Bonchev–Trinajstić information content (AvgIpc) is 2.96. The van der Waals surface area contributed by atoms with Crippen molar-refractivity contribution in [2.24, 2.45) is 5.92 Å². The molecule has 1 fully saturated rings. The lowest BCUT2D eigenvalue weighted by molar-refractivity contribution is -0.138. The molecule has 0 aromatic carbocycles. The van der Waals surface area contributed by atoms with Gasteiger partial charge < -0.3 is 15.2 Å². The fraction of sp³-hybridized carbons (Fsp3) is 0.833. The van der Waals surface area contributed by atoms with Crippen molar-refractivity contribution in [3.8, 4) is 0 Å². The van der Waals surface area contributed by atoms with Gasteiger partial charge in [0.2, 0.25) is 0 Å². The van der Waals surface area contributed by atoms with Gasteiger partial charge in [0, 0.05) is 5.75 Å². The third-order valence-electron chi connectivity index (χ3n) is 2.32. The quantitative estimate of drug-likeness (QED) is 0.776. The minimum atomic E-state index is -1.02. The summed E-state index contributed by atoms with van der Waals surface area (Å²) in [5.41, 5.74) is -0.617. The van der Waals surface area contributed by atoms with E-state index >= 15 is 0 Å². The van der Waals surface area contributed by atoms with Gasteiger partial charge in [-0.15, -0.1) is 0 Å². The number of amides is 1. The summed E-state index contributed by atoms with van der Waals surface area (Å²) in [6.07, 6.45) is 1.80. The Hall–Kier alpha value is -0.910. The number of aliphatic carboxylic acids is 1. The van der Waals surface area contributed by atoms with Gasteiger partial charge in [-0.2, -0.15) is 11.8 Å². The van der Waals surface area contributed by atoms with Crippen molar-refractivity contribution in [2.75, 3.05) is 11.5 Å². The number of carbonyl (C=O) groups excluding carboxylic acids is 1. The van der Waals surface area contributed by atoms with Gasteiger partial charge in [-0.1, -0.05) is 0 Å². The summed E-state index contributed by atoms with van der Waals surface area (Å²) in [5, 5.41) is 11.4. The van der Waals surface area contributed by atoms with Crippen molar-refractivity contribution < 1.29 is 19.4 Å². The van der Waals surface area contributed by atoms with E-state index in [0.717, 1.165) is 11.7 Å². The number of nitrogens with one attached hydrogen (secondary N) is 1. The molecule has 0 radical (unpaired) electrons. The molecule has 0 aromatic rings. The summed E-state index contributed by atoms with van der Waals surface area (Å²) in [7, 11) is 0. The van der Waals surface area contributed by atoms with E-state index in [1.165, 1.54) is 12.8 Å². The van der Waals surface area contributed by atoms with Crippen molar-refractivity contribution in [3.63, 3.8) is 0 Å². The highest BCUT2D eigenvalue weighted by Gasteiger charge is 2.26. The van der Waals surface area contributed by atoms with Crippen LogP contribution in [0.25, 0.3) is 0 Å². The molecule has 0 aliphatic heterocycles. The summed E-state index contributed by atoms with van der Waals surface area (Å²) in [5.74, 6) is 1.07. The zero-order valence-corrected chi connectivity index (χ0v) is 11.9. The fourth-order valence-electron chi connectivity index (χ4n) is 1.26. The summed E-state index contributed by atoms with van der Waals surface area (Å²) >= 11 is 1.57. The zero-order valence-electron chi connectivity index (χ0n) is 11.1. The average molecular weight is 275 g/mol. The first-order valence-corrected chi connectivity index (χ1v) is 7.23. The molecule has 0 bridgehead atoms. The molecule has 1 saturated carbocycles. The van der Waals surface area contributed by atoms with Crippen LogP contribution in [0.15, 0.2) is 0 Å². The van der Waals surface area contributed by atoms with E-state index in [-0.39, 0.29) is 0 Å². The molecule has 0 aromatic heterocycles. The van der Waals surface area contributed by atoms with Gasteiger partial charge in [0.1, 0.15) is 11.6 Å². The molecule has 1 unspecified atom stereocenters. The molecule has 5 nitrogen and oxygen atoms in total. The molecule has 1 amide bonds. The normalized spacial score (nSPS) is 17.1. The van der Waals surface area contributed by atoms with E-state index in [2.05, 4.69) is 5.32 Å². The largest absolute Gasteiger partial charge is 0.480 e. The lowest BCUT2D eigenvalue weighted by Gasteiger charge is -2.21. The summed E-state index contributed by atoms with van der Waals surface area (Å²) in [6, 6.07) is -0.886. The van der Waals surface area contributed by atoms with Crippen molar-refractivity contribution in [3.05, 3.63) is 0 Å². The standard InChI is InChI=1S/C12H21NO4S/c1-12(2,3)17-11(16)13-9(10(14)15)7-18-6-8-4-5-8/h8-9H,4-7H2,1-3H3,(H,13,16)(H,14,15). The third kappa shape index (κ3) is 6.74. The Balaban J connectivity index is 2.31. The second-order valence-electron chi connectivity index (χ2n) is 5.52. The number of carboxylic acids is 1. The van der Waals surface area contributed by atoms with E-state index in [1.807, 2.05) is 0 Å². The lowest BCUT2D eigenvalue weighted by Crippen LogP contribution is -2.45. The highest BCUT2D eigenvalue weighted by atomic mass is 32.2. The fourth-order valence-corrected chi connectivity index (χ4v) is 2.53. The maximum absolute atomic E-state index is 11.5. The number of alkyl carbamates (subject to hydrolysis) is 1. The van der Waals surface area contributed by atoms with E-state index in [9.17, 15) is 9.59 Å². The highest BCUT2D eigenvalue weighted by molar-refractivity contribution is 7.99. The maximum Gasteiger partial charge on any atom is 0.408 e. The topological polar surface area (TPSA) is 75.6 Å². The number of hydrogen-bond acceptors (Lipinski definition) is 4. The van der Waals surface area contributed by atoms with Crippen LogP contribution in [-0.4, -0.2) is 40.3 Å². The van der Waals surface area contributed by atoms with Gasteiger partial charge in [0.25, 0.3) is 0 Å². The molecule has 0 spiro atoms. The molecule has 1 rings (SSSR count). The van der Waals surface area contributed by atoms with Gasteiger partial charge in [0.15, 0.2) is 0 Å². The number of rotatable bonds is 6. The number of carbonyl (C=O) groups is 2. The van der Waals surface area contributed by atoms with E-state index in [0.29, 0.717) is 5.75 Å². The van der Waals surface area contributed by atoms with Crippen molar-refractivity contribution in [2.45, 2.75) is 45.3 Å². The summed E-state index contributed by atoms with van der Waals surface area (Å²) in [6.45, 7) is 5.22. The second-order valence-corrected chi connectivity index (χ2v) is 6.59. The van der Waals surface area contributed by atoms with Gasteiger partial charge in [-0.25, -0.2) is 9.59 Å². The van der Waals surface area contributed by atoms with Crippen molar-refractivity contribution in [1.82, 2.24) is 5.32 Å². The van der Waals surface area contributed by atoms with E-state index < -0.39 is 23.7 Å². The van der Waals surface area contributed by atoms with Crippen molar-refractivity contribution >= 4 is 23.8 Å². The minimum absolute atomic E-state index is 0.380. The van der Waals surface area contributed by atoms with Crippen LogP contribution in [0, 0.1) is 5.92 Å². The van der Waals surface area contributed by atoms with Crippen molar-refractivity contribution in [1.29, 1.82) is 0 Å². The summed E-state index contributed by atoms with van der Waals surface area (Å²) < 4.78 is 5.04. The van der Waals surface area contributed by atoms with Gasteiger partial charge in [-0.05, 0) is 45.3 Å². The highest BCUT2D eigenvalue weighted by Crippen LogP contribution is 2.32. The van der Waals surface area contributed by atoms with E-state index in [1.54, 1.807) is 32.5 Å². The summed E-state index contributed by atoms with van der Waals surface area (Å²) in [4.78, 5) is 22.5. The van der Waals surface area contributed by atoms with Gasteiger partial charge in [-0.3, -0.25) is 0 Å². The molecule has 1 aliphatic rings. The Labute approximate surface area is 112 Å². The first-order valence-electron chi connectivity index (χ1n) is 6.08. The predicted octanol–water partition coefficient (Wildman–Crippen LogP) is 2.11. The minimum Gasteiger partial charge on any atom is -0.480 e. The van der Waals surface area contributed by atoms with Crippen LogP contribution in [0.4, 0.5) is 4.79 Å². The predicted molar refractivity (Wildman–Crippen MR) is 70.8 cm³/mol. The first-order chi connectivity index (χ1) is 8.28. The van der Waals surface area contributed by atoms with Crippen LogP contribution < -0.4 is 5.32 Å². The van der Waals surface area contributed by atoms with Crippen LogP contribution in [0.2, 0.25) is 0 Å². The Kier molecular flexibility index (Phi) is 5.31. The molecule has 2 N–H and O–H groups in total. The van der Waals surface area contributed by atoms with Crippen LogP contribution in [0.3, 0.4) is 0 Å². The molecular formula is C12H21NO4S. The number of ether oxygens (including phenoxy) is 1. The Morgan fingerprint density at radius 3 is 2.50 bits per heavy atom. The number of thioether (sulfide) groups is 1. The Morgan fingerprint density at radius 2 is 2.06 bits per heavy atom. The van der Waals surface area contributed by atoms with Crippen LogP contribution in [0.5, 0.6) is 0 Å². The molecule has 1 atom stereocenters. The smallest absolute Gasteiger partial charge is 0.408 e. The van der Waals surface area contributed by atoms with Gasteiger partial charge in [0.05, 0.1) is 0 Å².